The highest BCUT2D eigenvalue weighted by molar-refractivity contribution is 6.31. The minimum absolute atomic E-state index is 0.553. The average Bonchev–Trinajstić information content (AvgIpc) is 2.45. The summed E-state index contributed by atoms with van der Waals surface area (Å²) in [6.07, 6.45) is 3.39. The molecule has 1 heterocycles. The Morgan fingerprint density at radius 2 is 2.10 bits per heavy atom. The van der Waals surface area contributed by atoms with E-state index in [1.165, 1.54) is 0 Å². The van der Waals surface area contributed by atoms with Crippen molar-refractivity contribution in [3.63, 3.8) is 0 Å². The number of ether oxygens (including phenoxy) is 1. The Labute approximate surface area is 124 Å². The van der Waals surface area contributed by atoms with E-state index in [2.05, 4.69) is 4.98 Å². The van der Waals surface area contributed by atoms with Gasteiger partial charge in [0, 0.05) is 22.3 Å². The first-order chi connectivity index (χ1) is 9.61. The topological polar surface area (TPSA) is 42.4 Å². The van der Waals surface area contributed by atoms with Gasteiger partial charge in [-0.15, -0.1) is 0 Å². The van der Waals surface area contributed by atoms with Gasteiger partial charge in [0.05, 0.1) is 12.8 Å². The van der Waals surface area contributed by atoms with E-state index in [1.807, 2.05) is 32.0 Å². The maximum atomic E-state index is 10.4. The van der Waals surface area contributed by atoms with Gasteiger partial charge in [-0.25, -0.2) is 0 Å². The number of aliphatic hydroxyl groups excluding tert-OH is 1. The van der Waals surface area contributed by atoms with E-state index in [0.29, 0.717) is 28.5 Å². The third-order valence-corrected chi connectivity index (χ3v) is 3.30. The van der Waals surface area contributed by atoms with Crippen molar-refractivity contribution in [1.82, 2.24) is 4.98 Å². The monoisotopic (exact) mass is 291 g/mol. The van der Waals surface area contributed by atoms with Gasteiger partial charge >= 0.3 is 0 Å². The second-order valence-corrected chi connectivity index (χ2v) is 5.14. The first-order valence-electron chi connectivity index (χ1n) is 6.63. The standard InChI is InChI=1S/C16H18ClNO2/c1-3-6-20-13-8-12(9-18-10-13)16(19)14-5-4-11(2)7-15(14)17/h4-5,7-10,16,19H,3,6H2,1-2H3. The van der Waals surface area contributed by atoms with Gasteiger partial charge in [-0.2, -0.15) is 0 Å². The lowest BCUT2D eigenvalue weighted by atomic mass is 10.0. The average molecular weight is 292 g/mol. The number of benzene rings is 1. The molecule has 0 amide bonds. The summed E-state index contributed by atoms with van der Waals surface area (Å²) in [5.74, 6) is 0.659. The number of rotatable bonds is 5. The molecule has 1 aromatic carbocycles. The number of hydrogen-bond acceptors (Lipinski definition) is 3. The molecule has 0 aliphatic carbocycles. The Balaban J connectivity index is 2.26. The SMILES string of the molecule is CCCOc1cncc(C(O)c2ccc(C)cc2Cl)c1. The largest absolute Gasteiger partial charge is 0.492 e. The molecular weight excluding hydrogens is 274 g/mol. The molecule has 106 valence electrons. The van der Waals surface area contributed by atoms with E-state index in [4.69, 9.17) is 16.3 Å². The van der Waals surface area contributed by atoms with Crippen molar-refractivity contribution in [2.45, 2.75) is 26.4 Å². The normalized spacial score (nSPS) is 12.2. The van der Waals surface area contributed by atoms with Crippen LogP contribution in [0, 0.1) is 6.92 Å². The van der Waals surface area contributed by atoms with Crippen LogP contribution in [0.2, 0.25) is 5.02 Å². The van der Waals surface area contributed by atoms with Gasteiger partial charge in [0.1, 0.15) is 11.9 Å². The fourth-order valence-corrected chi connectivity index (χ4v) is 2.26. The summed E-state index contributed by atoms with van der Waals surface area (Å²) in [5.41, 5.74) is 2.40. The summed E-state index contributed by atoms with van der Waals surface area (Å²) in [4.78, 5) is 4.10. The lowest BCUT2D eigenvalue weighted by molar-refractivity contribution is 0.219. The van der Waals surface area contributed by atoms with Gasteiger partial charge in [-0.05, 0) is 31.0 Å². The molecule has 20 heavy (non-hydrogen) atoms. The molecule has 2 rings (SSSR count). The molecule has 2 aromatic rings. The van der Waals surface area contributed by atoms with Crippen molar-refractivity contribution in [2.75, 3.05) is 6.61 Å². The highest BCUT2D eigenvalue weighted by Gasteiger charge is 2.15. The molecule has 4 heteroatoms. The summed E-state index contributed by atoms with van der Waals surface area (Å²) in [6.45, 7) is 4.63. The molecule has 1 unspecified atom stereocenters. The van der Waals surface area contributed by atoms with E-state index in [9.17, 15) is 5.11 Å². The maximum absolute atomic E-state index is 10.4. The molecule has 0 aliphatic rings. The molecule has 0 bridgehead atoms. The van der Waals surface area contributed by atoms with Crippen LogP contribution in [0.1, 0.15) is 36.1 Å². The second-order valence-electron chi connectivity index (χ2n) is 4.73. The lowest BCUT2D eigenvalue weighted by Crippen LogP contribution is -2.03. The second kappa shape index (κ2) is 6.73. The van der Waals surface area contributed by atoms with Crippen LogP contribution >= 0.6 is 11.6 Å². The Bertz CT molecular complexity index is 586. The van der Waals surface area contributed by atoms with Crippen molar-refractivity contribution < 1.29 is 9.84 Å². The van der Waals surface area contributed by atoms with Crippen LogP contribution in [0.5, 0.6) is 5.75 Å². The van der Waals surface area contributed by atoms with Crippen molar-refractivity contribution in [2.24, 2.45) is 0 Å². The smallest absolute Gasteiger partial charge is 0.137 e. The molecule has 1 aromatic heterocycles. The molecule has 0 radical (unpaired) electrons. The molecule has 0 spiro atoms. The van der Waals surface area contributed by atoms with Crippen LogP contribution in [0.3, 0.4) is 0 Å². The molecule has 0 aliphatic heterocycles. The van der Waals surface area contributed by atoms with E-state index in [-0.39, 0.29) is 0 Å². The molecule has 1 N–H and O–H groups in total. The van der Waals surface area contributed by atoms with Crippen LogP contribution in [0.15, 0.2) is 36.7 Å². The van der Waals surface area contributed by atoms with Crippen LogP contribution in [0.25, 0.3) is 0 Å². The van der Waals surface area contributed by atoms with Crippen LogP contribution < -0.4 is 4.74 Å². The Morgan fingerprint density at radius 1 is 1.30 bits per heavy atom. The fourth-order valence-electron chi connectivity index (χ4n) is 1.92. The van der Waals surface area contributed by atoms with Crippen molar-refractivity contribution in [3.05, 3.63) is 58.4 Å². The van der Waals surface area contributed by atoms with E-state index in [0.717, 1.165) is 12.0 Å². The van der Waals surface area contributed by atoms with Crippen molar-refractivity contribution >= 4 is 11.6 Å². The molecular formula is C16H18ClNO2. The Morgan fingerprint density at radius 3 is 2.80 bits per heavy atom. The third kappa shape index (κ3) is 3.50. The van der Waals surface area contributed by atoms with E-state index in [1.54, 1.807) is 18.5 Å². The first-order valence-corrected chi connectivity index (χ1v) is 7.01. The maximum Gasteiger partial charge on any atom is 0.137 e. The van der Waals surface area contributed by atoms with Crippen molar-refractivity contribution in [1.29, 1.82) is 0 Å². The number of hydrogen-bond donors (Lipinski definition) is 1. The molecule has 0 fully saturated rings. The number of aromatic nitrogens is 1. The number of nitrogens with zero attached hydrogens (tertiary/aromatic N) is 1. The van der Waals surface area contributed by atoms with E-state index < -0.39 is 6.10 Å². The summed E-state index contributed by atoms with van der Waals surface area (Å²) in [7, 11) is 0. The minimum atomic E-state index is -0.805. The van der Waals surface area contributed by atoms with Gasteiger partial charge in [-0.1, -0.05) is 30.7 Å². The fraction of sp³-hybridized carbons (Fsp3) is 0.312. The molecule has 1 atom stereocenters. The van der Waals surface area contributed by atoms with E-state index >= 15 is 0 Å². The predicted octanol–water partition coefficient (Wildman–Crippen LogP) is 3.91. The summed E-state index contributed by atoms with van der Waals surface area (Å²) in [6, 6.07) is 7.39. The zero-order chi connectivity index (χ0) is 14.5. The lowest BCUT2D eigenvalue weighted by Gasteiger charge is -2.14. The van der Waals surface area contributed by atoms with Crippen LogP contribution in [0.4, 0.5) is 0 Å². The minimum Gasteiger partial charge on any atom is -0.492 e. The van der Waals surface area contributed by atoms with Gasteiger partial charge in [0.15, 0.2) is 0 Å². The molecule has 0 saturated carbocycles. The zero-order valence-corrected chi connectivity index (χ0v) is 12.4. The molecule has 3 nitrogen and oxygen atoms in total. The highest BCUT2D eigenvalue weighted by atomic mass is 35.5. The van der Waals surface area contributed by atoms with Gasteiger partial charge < -0.3 is 9.84 Å². The molecule has 0 saturated heterocycles. The Hall–Kier alpha value is -1.58. The van der Waals surface area contributed by atoms with Crippen LogP contribution in [-0.4, -0.2) is 16.7 Å². The first kappa shape index (κ1) is 14.8. The third-order valence-electron chi connectivity index (χ3n) is 2.97. The number of halogens is 1. The van der Waals surface area contributed by atoms with Gasteiger partial charge in [0.2, 0.25) is 0 Å². The quantitative estimate of drug-likeness (QED) is 0.908. The van der Waals surface area contributed by atoms with Crippen LogP contribution in [-0.2, 0) is 0 Å². The summed E-state index contributed by atoms with van der Waals surface area (Å²) in [5, 5.41) is 11.0. The number of aryl methyl sites for hydroxylation is 1. The van der Waals surface area contributed by atoms with Gasteiger partial charge in [0.25, 0.3) is 0 Å². The predicted molar refractivity (Wildman–Crippen MR) is 80.3 cm³/mol. The Kier molecular flexibility index (Phi) is 4.99. The number of pyridine rings is 1. The summed E-state index contributed by atoms with van der Waals surface area (Å²) >= 11 is 6.19. The number of aliphatic hydroxyl groups is 1. The van der Waals surface area contributed by atoms with Gasteiger partial charge in [-0.3, -0.25) is 4.98 Å². The highest BCUT2D eigenvalue weighted by Crippen LogP contribution is 2.30. The summed E-state index contributed by atoms with van der Waals surface area (Å²) < 4.78 is 5.52. The van der Waals surface area contributed by atoms with Crippen molar-refractivity contribution in [3.8, 4) is 5.75 Å². The zero-order valence-electron chi connectivity index (χ0n) is 11.6.